The Morgan fingerprint density at radius 2 is 1.74 bits per heavy atom. The zero-order chi connectivity index (χ0) is 16.6. The zero-order valence-corrected chi connectivity index (χ0v) is 15.1. The molecule has 0 aliphatic carbocycles. The lowest BCUT2D eigenvalue weighted by atomic mass is 9.86. The highest BCUT2D eigenvalue weighted by molar-refractivity contribution is 9.09. The van der Waals surface area contributed by atoms with Crippen LogP contribution in [0.5, 0.6) is 5.75 Å². The molecule has 0 fully saturated rings. The van der Waals surface area contributed by atoms with E-state index < -0.39 is 0 Å². The number of fused-ring (bicyclic) bond motifs is 1. The van der Waals surface area contributed by atoms with Crippen molar-refractivity contribution < 1.29 is 5.11 Å². The molecule has 3 aromatic rings. The van der Waals surface area contributed by atoms with Crippen LogP contribution < -0.4 is 0 Å². The molecule has 23 heavy (non-hydrogen) atoms. The van der Waals surface area contributed by atoms with Gasteiger partial charge in [0, 0.05) is 5.33 Å². The summed E-state index contributed by atoms with van der Waals surface area (Å²) in [5, 5.41) is 20.2. The third-order valence-electron chi connectivity index (χ3n) is 3.97. The molecular weight excluding hydrogens is 354 g/mol. The maximum Gasteiger partial charge on any atom is 0.143 e. The van der Waals surface area contributed by atoms with E-state index in [1.165, 1.54) is 4.80 Å². The topological polar surface area (TPSA) is 50.9 Å². The summed E-state index contributed by atoms with van der Waals surface area (Å²) < 4.78 is 0. The van der Waals surface area contributed by atoms with Crippen molar-refractivity contribution in [2.75, 3.05) is 5.33 Å². The standard InChI is InChI=1S/C18H20BrN3O/c1-12-8-16(17(23)9-13(12)10-18(2,3)11-19)22-20-14-6-4-5-7-15(14)21-22/h4-9,23H,10-11H2,1-3H3. The van der Waals surface area contributed by atoms with Crippen molar-refractivity contribution in [1.82, 2.24) is 15.0 Å². The number of aromatic nitrogens is 3. The Balaban J connectivity index is 2.02. The van der Waals surface area contributed by atoms with Crippen molar-refractivity contribution in [1.29, 1.82) is 0 Å². The Morgan fingerprint density at radius 1 is 1.13 bits per heavy atom. The minimum atomic E-state index is 0.136. The van der Waals surface area contributed by atoms with Gasteiger partial charge in [-0.2, -0.15) is 0 Å². The van der Waals surface area contributed by atoms with E-state index in [0.717, 1.165) is 33.9 Å². The molecule has 0 amide bonds. The van der Waals surface area contributed by atoms with Crippen molar-refractivity contribution in [3.05, 3.63) is 47.5 Å². The highest BCUT2D eigenvalue weighted by Crippen LogP contribution is 2.31. The summed E-state index contributed by atoms with van der Waals surface area (Å²) in [6.07, 6.45) is 0.895. The van der Waals surface area contributed by atoms with Crippen molar-refractivity contribution >= 4 is 27.0 Å². The minimum Gasteiger partial charge on any atom is -0.506 e. The lowest BCUT2D eigenvalue weighted by Crippen LogP contribution is -2.17. The van der Waals surface area contributed by atoms with Crippen LogP contribution in [-0.4, -0.2) is 25.4 Å². The molecule has 1 heterocycles. The molecule has 5 heteroatoms. The molecule has 2 aromatic carbocycles. The van der Waals surface area contributed by atoms with E-state index in [-0.39, 0.29) is 11.2 Å². The normalized spacial score (nSPS) is 12.0. The SMILES string of the molecule is Cc1cc(-n2nc3ccccc3n2)c(O)cc1CC(C)(C)CBr. The van der Waals surface area contributed by atoms with Gasteiger partial charge in [-0.3, -0.25) is 0 Å². The van der Waals surface area contributed by atoms with E-state index in [1.54, 1.807) is 0 Å². The molecule has 3 rings (SSSR count). The van der Waals surface area contributed by atoms with Gasteiger partial charge >= 0.3 is 0 Å². The first-order valence-electron chi connectivity index (χ1n) is 7.60. The van der Waals surface area contributed by atoms with Crippen LogP contribution >= 0.6 is 15.9 Å². The number of aromatic hydroxyl groups is 1. The molecule has 0 bridgehead atoms. The Bertz CT molecular complexity index is 822. The quantitative estimate of drug-likeness (QED) is 0.689. The van der Waals surface area contributed by atoms with Gasteiger partial charge in [0.1, 0.15) is 22.5 Å². The lowest BCUT2D eigenvalue weighted by Gasteiger charge is -2.23. The molecule has 0 saturated heterocycles. The first-order valence-corrected chi connectivity index (χ1v) is 8.73. The summed E-state index contributed by atoms with van der Waals surface area (Å²) in [5.74, 6) is 0.205. The fourth-order valence-corrected chi connectivity index (χ4v) is 2.80. The van der Waals surface area contributed by atoms with Crippen LogP contribution in [0.3, 0.4) is 0 Å². The number of phenols is 1. The first kappa shape index (κ1) is 16.0. The maximum absolute atomic E-state index is 10.5. The average Bonchev–Trinajstić information content (AvgIpc) is 2.94. The smallest absolute Gasteiger partial charge is 0.143 e. The fraction of sp³-hybridized carbons (Fsp3) is 0.333. The molecule has 1 N–H and O–H groups in total. The summed E-state index contributed by atoms with van der Waals surface area (Å²) in [6.45, 7) is 6.47. The highest BCUT2D eigenvalue weighted by Gasteiger charge is 2.20. The van der Waals surface area contributed by atoms with E-state index >= 15 is 0 Å². The van der Waals surface area contributed by atoms with Crippen molar-refractivity contribution in [3.63, 3.8) is 0 Å². The maximum atomic E-state index is 10.5. The number of hydrogen-bond donors (Lipinski definition) is 1. The second-order valence-corrected chi connectivity index (χ2v) is 7.28. The van der Waals surface area contributed by atoms with Gasteiger partial charge < -0.3 is 5.11 Å². The van der Waals surface area contributed by atoms with E-state index in [1.807, 2.05) is 36.4 Å². The minimum absolute atomic E-state index is 0.136. The van der Waals surface area contributed by atoms with E-state index in [9.17, 15) is 5.11 Å². The predicted octanol–water partition coefficient (Wildman–Crippen LogP) is 4.40. The molecule has 4 nitrogen and oxygen atoms in total. The van der Waals surface area contributed by atoms with E-state index in [4.69, 9.17) is 0 Å². The Kier molecular flexibility index (Phi) is 4.15. The third kappa shape index (κ3) is 3.24. The molecule has 0 aliphatic heterocycles. The van der Waals surface area contributed by atoms with Crippen LogP contribution in [-0.2, 0) is 6.42 Å². The highest BCUT2D eigenvalue weighted by atomic mass is 79.9. The summed E-state index contributed by atoms with van der Waals surface area (Å²) in [6, 6.07) is 11.5. The molecule has 0 aliphatic rings. The number of alkyl halides is 1. The number of rotatable bonds is 4. The monoisotopic (exact) mass is 373 g/mol. The molecule has 0 atom stereocenters. The van der Waals surface area contributed by atoms with Gasteiger partial charge in [-0.25, -0.2) is 0 Å². The second kappa shape index (κ2) is 5.96. The number of hydrogen-bond acceptors (Lipinski definition) is 3. The van der Waals surface area contributed by atoms with Crippen molar-refractivity contribution in [2.24, 2.45) is 5.41 Å². The van der Waals surface area contributed by atoms with Gasteiger partial charge in [0.25, 0.3) is 0 Å². The van der Waals surface area contributed by atoms with Gasteiger partial charge in [0.05, 0.1) is 0 Å². The third-order valence-corrected chi connectivity index (χ3v) is 5.48. The Labute approximate surface area is 144 Å². The number of benzene rings is 2. The van der Waals surface area contributed by atoms with Crippen LogP contribution in [0.2, 0.25) is 0 Å². The second-order valence-electron chi connectivity index (χ2n) is 6.72. The molecule has 1 aromatic heterocycles. The summed E-state index contributed by atoms with van der Waals surface area (Å²) in [5.41, 5.74) is 4.65. The van der Waals surface area contributed by atoms with Crippen LogP contribution in [0.15, 0.2) is 36.4 Å². The summed E-state index contributed by atoms with van der Waals surface area (Å²) in [7, 11) is 0. The fourth-order valence-electron chi connectivity index (χ4n) is 2.61. The lowest BCUT2D eigenvalue weighted by molar-refractivity contribution is 0.420. The van der Waals surface area contributed by atoms with Gasteiger partial charge in [0.2, 0.25) is 0 Å². The predicted molar refractivity (Wildman–Crippen MR) is 96.5 cm³/mol. The van der Waals surface area contributed by atoms with E-state index in [2.05, 4.69) is 46.9 Å². The van der Waals surface area contributed by atoms with E-state index in [0.29, 0.717) is 5.69 Å². The van der Waals surface area contributed by atoms with Gasteiger partial charge in [-0.05, 0) is 54.2 Å². The van der Waals surface area contributed by atoms with Gasteiger partial charge in [0.15, 0.2) is 0 Å². The zero-order valence-electron chi connectivity index (χ0n) is 13.5. The molecule has 0 radical (unpaired) electrons. The number of halogens is 1. The number of aryl methyl sites for hydroxylation is 1. The largest absolute Gasteiger partial charge is 0.506 e. The molecule has 0 spiro atoms. The van der Waals surface area contributed by atoms with Crippen molar-refractivity contribution in [2.45, 2.75) is 27.2 Å². The molecular formula is C18H20BrN3O. The van der Waals surface area contributed by atoms with Gasteiger partial charge in [-0.1, -0.05) is 41.9 Å². The molecule has 0 unspecified atom stereocenters. The summed E-state index contributed by atoms with van der Waals surface area (Å²) >= 11 is 3.56. The Morgan fingerprint density at radius 3 is 2.30 bits per heavy atom. The van der Waals surface area contributed by atoms with Gasteiger partial charge in [-0.15, -0.1) is 15.0 Å². The first-order chi connectivity index (χ1) is 10.9. The number of nitrogens with zero attached hydrogens (tertiary/aromatic N) is 3. The number of phenolic OH excluding ortho intramolecular Hbond substituents is 1. The van der Waals surface area contributed by atoms with Crippen LogP contribution in [0.4, 0.5) is 0 Å². The summed E-state index contributed by atoms with van der Waals surface area (Å²) in [4.78, 5) is 1.51. The van der Waals surface area contributed by atoms with Crippen LogP contribution in [0.1, 0.15) is 25.0 Å². The van der Waals surface area contributed by atoms with Crippen LogP contribution in [0.25, 0.3) is 16.7 Å². The van der Waals surface area contributed by atoms with Crippen LogP contribution in [0, 0.1) is 12.3 Å². The van der Waals surface area contributed by atoms with Crippen molar-refractivity contribution in [3.8, 4) is 11.4 Å². The molecule has 120 valence electrons. The Hall–Kier alpha value is -1.88. The average molecular weight is 374 g/mol. The molecule has 0 saturated carbocycles.